The van der Waals surface area contributed by atoms with Gasteiger partial charge in [-0.3, -0.25) is 4.79 Å². The number of hydrogen-bond donors (Lipinski definition) is 2. The summed E-state index contributed by atoms with van der Waals surface area (Å²) in [6, 6.07) is 7.72. The van der Waals surface area contributed by atoms with Gasteiger partial charge in [-0.25, -0.2) is 9.59 Å². The molecule has 0 spiro atoms. The van der Waals surface area contributed by atoms with Crippen molar-refractivity contribution in [2.24, 2.45) is 23.7 Å². The number of carbonyl (C=O) groups excluding carboxylic acids is 1. The lowest BCUT2D eigenvalue weighted by molar-refractivity contribution is 0.00429. The van der Waals surface area contributed by atoms with Crippen molar-refractivity contribution in [2.45, 2.75) is 78.3 Å². The maximum Gasteiger partial charge on any atom is 0.336 e. The predicted molar refractivity (Wildman–Crippen MR) is 136 cm³/mol. The highest BCUT2D eigenvalue weighted by atomic mass is 16.4. The van der Waals surface area contributed by atoms with Crippen LogP contribution >= 0.6 is 0 Å². The van der Waals surface area contributed by atoms with Crippen LogP contribution in [0.3, 0.4) is 0 Å². The van der Waals surface area contributed by atoms with Crippen molar-refractivity contribution < 1.29 is 24.6 Å². The second-order valence-electron chi connectivity index (χ2n) is 10.9. The molecule has 2 aliphatic rings. The number of amides is 1. The summed E-state index contributed by atoms with van der Waals surface area (Å²) in [7, 11) is 0. The van der Waals surface area contributed by atoms with E-state index in [4.69, 9.17) is 0 Å². The third kappa shape index (κ3) is 4.67. The molecular weight excluding hydrogens is 442 g/mol. The predicted octanol–water partition coefficient (Wildman–Crippen LogP) is 6.33. The summed E-state index contributed by atoms with van der Waals surface area (Å²) < 4.78 is 0. The Labute approximate surface area is 207 Å². The van der Waals surface area contributed by atoms with Gasteiger partial charge in [0.05, 0.1) is 16.7 Å². The van der Waals surface area contributed by atoms with Gasteiger partial charge in [0, 0.05) is 12.1 Å². The second-order valence-corrected chi connectivity index (χ2v) is 10.9. The Bertz CT molecular complexity index is 1120. The summed E-state index contributed by atoms with van der Waals surface area (Å²) >= 11 is 0. The molecule has 2 aromatic carbocycles. The Morgan fingerprint density at radius 2 is 1.34 bits per heavy atom. The number of benzene rings is 2. The Hall–Kier alpha value is -2.89. The van der Waals surface area contributed by atoms with E-state index in [1.165, 1.54) is 18.2 Å². The maximum atomic E-state index is 14.6. The third-order valence-corrected chi connectivity index (χ3v) is 8.99. The van der Waals surface area contributed by atoms with Gasteiger partial charge >= 0.3 is 11.9 Å². The molecule has 2 saturated carbocycles. The number of rotatable bonds is 5. The van der Waals surface area contributed by atoms with E-state index >= 15 is 0 Å². The first-order valence-electron chi connectivity index (χ1n) is 13.0. The lowest BCUT2D eigenvalue weighted by atomic mass is 9.72. The second kappa shape index (κ2) is 10.00. The maximum absolute atomic E-state index is 14.6. The van der Waals surface area contributed by atoms with Gasteiger partial charge in [0.1, 0.15) is 0 Å². The van der Waals surface area contributed by atoms with E-state index in [1.807, 2.05) is 0 Å². The summed E-state index contributed by atoms with van der Waals surface area (Å²) in [5.41, 5.74) is 0.270. The van der Waals surface area contributed by atoms with Crippen LogP contribution in [0.4, 0.5) is 0 Å². The molecule has 35 heavy (non-hydrogen) atoms. The summed E-state index contributed by atoms with van der Waals surface area (Å²) in [5, 5.41) is 20.5. The molecule has 2 aromatic rings. The van der Waals surface area contributed by atoms with Crippen molar-refractivity contribution in [3.63, 3.8) is 0 Å². The van der Waals surface area contributed by atoms with Crippen LogP contribution < -0.4 is 0 Å². The SMILES string of the molecule is CC1CCCC(N(C(=O)c2c(C(=O)O)ccc3cc(C(=O)O)ccc23)C2CCCC(C)C2C)C1C. The molecular formula is C29H37NO5. The molecule has 0 aliphatic heterocycles. The quantitative estimate of drug-likeness (QED) is 0.523. The highest BCUT2D eigenvalue weighted by Gasteiger charge is 2.43. The fraction of sp³-hybridized carbons (Fsp3) is 0.552. The molecule has 6 unspecified atom stereocenters. The van der Waals surface area contributed by atoms with Crippen molar-refractivity contribution in [3.8, 4) is 0 Å². The van der Waals surface area contributed by atoms with Crippen LogP contribution in [0.25, 0.3) is 10.8 Å². The first kappa shape index (κ1) is 25.2. The Morgan fingerprint density at radius 3 is 1.86 bits per heavy atom. The van der Waals surface area contributed by atoms with Gasteiger partial charge < -0.3 is 15.1 Å². The molecule has 1 amide bonds. The minimum Gasteiger partial charge on any atom is -0.478 e. The first-order chi connectivity index (χ1) is 16.6. The number of aromatic carboxylic acids is 2. The van der Waals surface area contributed by atoms with Crippen molar-refractivity contribution in [1.82, 2.24) is 4.90 Å². The lowest BCUT2D eigenvalue weighted by Crippen LogP contribution is -2.56. The van der Waals surface area contributed by atoms with Crippen LogP contribution in [0.5, 0.6) is 0 Å². The number of carboxylic acid groups (broad SMARTS) is 2. The normalized spacial score (nSPS) is 29.0. The lowest BCUT2D eigenvalue weighted by Gasteiger charge is -2.49. The smallest absolute Gasteiger partial charge is 0.336 e. The summed E-state index contributed by atoms with van der Waals surface area (Å²) in [6.45, 7) is 8.96. The van der Waals surface area contributed by atoms with Crippen molar-refractivity contribution in [1.29, 1.82) is 0 Å². The summed E-state index contributed by atoms with van der Waals surface area (Å²) in [6.07, 6.45) is 6.24. The van der Waals surface area contributed by atoms with E-state index in [-0.39, 0.29) is 34.7 Å². The van der Waals surface area contributed by atoms with E-state index < -0.39 is 11.9 Å². The van der Waals surface area contributed by atoms with E-state index in [1.54, 1.807) is 12.1 Å². The van der Waals surface area contributed by atoms with Gasteiger partial charge in [0.25, 0.3) is 5.91 Å². The van der Waals surface area contributed by atoms with E-state index in [2.05, 4.69) is 32.6 Å². The molecule has 0 aromatic heterocycles. The highest BCUT2D eigenvalue weighted by molar-refractivity contribution is 6.15. The molecule has 0 radical (unpaired) electrons. The fourth-order valence-corrected chi connectivity index (χ4v) is 6.44. The highest BCUT2D eigenvalue weighted by Crippen LogP contribution is 2.41. The van der Waals surface area contributed by atoms with E-state index in [9.17, 15) is 24.6 Å². The zero-order chi connectivity index (χ0) is 25.4. The standard InChI is InChI=1S/C29H37NO5/c1-16-7-5-9-24(18(16)3)30(25-10-6-8-17(2)19(25)4)27(31)26-22-13-12-21(28(32)33)15-20(22)11-14-23(26)29(34)35/h11-19,24-25H,5-10H2,1-4H3,(H,32,33)(H,34,35). The molecule has 2 aliphatic carbocycles. The monoisotopic (exact) mass is 479 g/mol. The van der Waals surface area contributed by atoms with Crippen LogP contribution in [0.2, 0.25) is 0 Å². The zero-order valence-corrected chi connectivity index (χ0v) is 21.2. The third-order valence-electron chi connectivity index (χ3n) is 8.99. The van der Waals surface area contributed by atoms with Crippen LogP contribution in [-0.2, 0) is 0 Å². The van der Waals surface area contributed by atoms with Gasteiger partial charge in [-0.2, -0.15) is 0 Å². The minimum atomic E-state index is -1.15. The molecule has 188 valence electrons. The van der Waals surface area contributed by atoms with Gasteiger partial charge in [-0.05, 0) is 65.5 Å². The number of carbonyl (C=O) groups is 3. The molecule has 0 bridgehead atoms. The summed E-state index contributed by atoms with van der Waals surface area (Å²) in [5.74, 6) is -0.813. The first-order valence-corrected chi connectivity index (χ1v) is 13.0. The molecule has 4 rings (SSSR count). The van der Waals surface area contributed by atoms with Crippen molar-refractivity contribution in [2.75, 3.05) is 0 Å². The average Bonchev–Trinajstić information content (AvgIpc) is 2.83. The molecule has 2 N–H and O–H groups in total. The molecule has 6 heteroatoms. The number of hydrogen-bond acceptors (Lipinski definition) is 3. The number of carboxylic acids is 2. The zero-order valence-electron chi connectivity index (χ0n) is 21.2. The number of fused-ring (bicyclic) bond motifs is 1. The molecule has 6 atom stereocenters. The molecule has 6 nitrogen and oxygen atoms in total. The van der Waals surface area contributed by atoms with Crippen LogP contribution in [0.1, 0.15) is 97.3 Å². The van der Waals surface area contributed by atoms with Crippen LogP contribution in [-0.4, -0.2) is 45.0 Å². The van der Waals surface area contributed by atoms with Crippen LogP contribution in [0.15, 0.2) is 30.3 Å². The van der Waals surface area contributed by atoms with Crippen molar-refractivity contribution >= 4 is 28.6 Å². The van der Waals surface area contributed by atoms with Gasteiger partial charge in [-0.15, -0.1) is 0 Å². The molecule has 2 fully saturated rings. The van der Waals surface area contributed by atoms with E-state index in [0.717, 1.165) is 38.5 Å². The van der Waals surface area contributed by atoms with Gasteiger partial charge in [-0.1, -0.05) is 65.5 Å². The molecule has 0 heterocycles. The van der Waals surface area contributed by atoms with E-state index in [0.29, 0.717) is 34.4 Å². The Balaban J connectivity index is 1.90. The summed E-state index contributed by atoms with van der Waals surface area (Å²) in [4.78, 5) is 40.4. The molecule has 0 saturated heterocycles. The Kier molecular flexibility index (Phi) is 7.20. The Morgan fingerprint density at radius 1 is 0.771 bits per heavy atom. The van der Waals surface area contributed by atoms with Crippen LogP contribution in [0, 0.1) is 23.7 Å². The minimum absolute atomic E-state index is 0.0244. The fourth-order valence-electron chi connectivity index (χ4n) is 6.44. The van der Waals surface area contributed by atoms with Crippen molar-refractivity contribution in [3.05, 3.63) is 47.0 Å². The number of nitrogens with zero attached hydrogens (tertiary/aromatic N) is 1. The van der Waals surface area contributed by atoms with Gasteiger partial charge in [0.15, 0.2) is 0 Å². The topological polar surface area (TPSA) is 94.9 Å². The largest absolute Gasteiger partial charge is 0.478 e. The van der Waals surface area contributed by atoms with Gasteiger partial charge in [0.2, 0.25) is 0 Å². The average molecular weight is 480 g/mol.